The number of aliphatic hydroxyl groups excluding tert-OH is 1. The third-order valence-corrected chi connectivity index (χ3v) is 6.22. The normalized spacial score (nSPS) is 18.1. The van der Waals surface area contributed by atoms with Gasteiger partial charge in [0.25, 0.3) is 0 Å². The highest BCUT2D eigenvalue weighted by molar-refractivity contribution is 5.92. The second kappa shape index (κ2) is 9.06. The third-order valence-electron chi connectivity index (χ3n) is 6.22. The molecule has 0 aliphatic carbocycles. The van der Waals surface area contributed by atoms with Gasteiger partial charge in [0.05, 0.1) is 18.9 Å². The van der Waals surface area contributed by atoms with Gasteiger partial charge in [0.1, 0.15) is 5.75 Å². The minimum absolute atomic E-state index is 0.0807. The van der Waals surface area contributed by atoms with Crippen LogP contribution in [-0.2, 0) is 11.2 Å². The molecule has 0 bridgehead atoms. The van der Waals surface area contributed by atoms with E-state index in [1.54, 1.807) is 14.0 Å². The first-order chi connectivity index (χ1) is 14.6. The van der Waals surface area contributed by atoms with Crippen molar-refractivity contribution in [2.75, 3.05) is 56.2 Å². The second-order valence-electron chi connectivity index (χ2n) is 8.14. The fourth-order valence-corrected chi connectivity index (χ4v) is 4.56. The van der Waals surface area contributed by atoms with E-state index in [9.17, 15) is 9.90 Å². The van der Waals surface area contributed by atoms with E-state index in [1.165, 1.54) is 0 Å². The van der Waals surface area contributed by atoms with Crippen molar-refractivity contribution in [2.24, 2.45) is 0 Å². The van der Waals surface area contributed by atoms with E-state index in [0.29, 0.717) is 6.54 Å². The Labute approximate surface area is 178 Å². The summed E-state index contributed by atoms with van der Waals surface area (Å²) in [5.74, 6) is 0.983. The SMILES string of the molecule is COc1ccccc1N1CCN(C[C@@H](O)c2ccc3c(c2)CCCN3C(C)=O)CC1. The number of aryl methyl sites for hydroxylation is 1. The minimum atomic E-state index is -0.527. The van der Waals surface area contributed by atoms with Crippen LogP contribution in [0.2, 0.25) is 0 Å². The highest BCUT2D eigenvalue weighted by Gasteiger charge is 2.24. The van der Waals surface area contributed by atoms with Crippen molar-refractivity contribution in [3.63, 3.8) is 0 Å². The second-order valence-corrected chi connectivity index (χ2v) is 8.14. The van der Waals surface area contributed by atoms with Crippen molar-refractivity contribution in [1.29, 1.82) is 0 Å². The fourth-order valence-electron chi connectivity index (χ4n) is 4.56. The molecule has 1 N–H and O–H groups in total. The molecule has 6 nitrogen and oxygen atoms in total. The third kappa shape index (κ3) is 4.30. The van der Waals surface area contributed by atoms with Crippen LogP contribution in [0.3, 0.4) is 0 Å². The summed E-state index contributed by atoms with van der Waals surface area (Å²) < 4.78 is 5.50. The number of ether oxygens (including phenoxy) is 1. The lowest BCUT2D eigenvalue weighted by atomic mass is 9.97. The minimum Gasteiger partial charge on any atom is -0.495 e. The van der Waals surface area contributed by atoms with Gasteiger partial charge >= 0.3 is 0 Å². The van der Waals surface area contributed by atoms with Gasteiger partial charge in [-0.05, 0) is 42.2 Å². The zero-order chi connectivity index (χ0) is 21.1. The summed E-state index contributed by atoms with van der Waals surface area (Å²) in [5.41, 5.74) is 4.22. The Kier molecular flexibility index (Phi) is 6.25. The Morgan fingerprint density at radius 2 is 1.83 bits per heavy atom. The average Bonchev–Trinajstić information content (AvgIpc) is 2.78. The van der Waals surface area contributed by atoms with E-state index >= 15 is 0 Å². The molecule has 30 heavy (non-hydrogen) atoms. The van der Waals surface area contributed by atoms with E-state index in [4.69, 9.17) is 4.74 Å². The summed E-state index contributed by atoms with van der Waals surface area (Å²) in [7, 11) is 1.71. The number of aliphatic hydroxyl groups is 1. The van der Waals surface area contributed by atoms with Gasteiger partial charge in [-0.15, -0.1) is 0 Å². The molecule has 2 aromatic carbocycles. The van der Waals surface area contributed by atoms with E-state index in [0.717, 1.165) is 73.8 Å². The summed E-state index contributed by atoms with van der Waals surface area (Å²) in [6.07, 6.45) is 1.40. The van der Waals surface area contributed by atoms with Crippen molar-refractivity contribution in [3.05, 3.63) is 53.6 Å². The number of hydrogen-bond donors (Lipinski definition) is 1. The van der Waals surface area contributed by atoms with Crippen LogP contribution in [0.5, 0.6) is 5.75 Å². The molecule has 0 saturated carbocycles. The first kappa shape index (κ1) is 20.7. The van der Waals surface area contributed by atoms with Gasteiger partial charge in [-0.2, -0.15) is 0 Å². The Hall–Kier alpha value is -2.57. The van der Waals surface area contributed by atoms with E-state index in [1.807, 2.05) is 35.2 Å². The maximum atomic E-state index is 11.9. The number of para-hydroxylation sites is 2. The molecular formula is C24H31N3O3. The topological polar surface area (TPSA) is 56.2 Å². The van der Waals surface area contributed by atoms with Gasteiger partial charge in [0.2, 0.25) is 5.91 Å². The molecule has 2 heterocycles. The van der Waals surface area contributed by atoms with Crippen molar-refractivity contribution in [2.45, 2.75) is 25.9 Å². The molecule has 0 unspecified atom stereocenters. The average molecular weight is 410 g/mol. The molecule has 2 aliphatic rings. The summed E-state index contributed by atoms with van der Waals surface area (Å²) in [6.45, 7) is 6.63. The number of hydrogen-bond acceptors (Lipinski definition) is 5. The summed E-state index contributed by atoms with van der Waals surface area (Å²) in [5, 5.41) is 10.9. The number of nitrogens with zero attached hydrogens (tertiary/aromatic N) is 3. The number of β-amino-alcohol motifs (C(OH)–C–C–N with tert-alkyl or cyclic N) is 1. The summed E-state index contributed by atoms with van der Waals surface area (Å²) in [6, 6.07) is 14.2. The Morgan fingerprint density at radius 3 is 2.57 bits per heavy atom. The zero-order valence-corrected chi connectivity index (χ0v) is 17.9. The van der Waals surface area contributed by atoms with Crippen molar-refractivity contribution >= 4 is 17.3 Å². The van der Waals surface area contributed by atoms with Crippen molar-refractivity contribution < 1.29 is 14.6 Å². The molecule has 6 heteroatoms. The maximum Gasteiger partial charge on any atom is 0.223 e. The molecule has 0 spiro atoms. The highest BCUT2D eigenvalue weighted by atomic mass is 16.5. The quantitative estimate of drug-likeness (QED) is 0.823. The Bertz CT molecular complexity index is 893. The number of rotatable bonds is 5. The van der Waals surface area contributed by atoms with Gasteiger partial charge < -0.3 is 19.6 Å². The lowest BCUT2D eigenvalue weighted by molar-refractivity contribution is -0.116. The van der Waals surface area contributed by atoms with Crippen LogP contribution in [0.25, 0.3) is 0 Å². The van der Waals surface area contributed by atoms with Crippen LogP contribution in [0, 0.1) is 0 Å². The number of piperazine rings is 1. The Morgan fingerprint density at radius 1 is 1.07 bits per heavy atom. The van der Waals surface area contributed by atoms with Gasteiger partial charge in [0, 0.05) is 51.9 Å². The van der Waals surface area contributed by atoms with E-state index in [2.05, 4.69) is 21.9 Å². The number of anilines is 2. The largest absolute Gasteiger partial charge is 0.495 e. The molecule has 160 valence electrons. The lowest BCUT2D eigenvalue weighted by Gasteiger charge is -2.37. The molecule has 1 fully saturated rings. The van der Waals surface area contributed by atoms with Crippen molar-refractivity contribution in [1.82, 2.24) is 4.90 Å². The molecule has 0 aromatic heterocycles. The number of amides is 1. The smallest absolute Gasteiger partial charge is 0.223 e. The number of carbonyl (C=O) groups excluding carboxylic acids is 1. The highest BCUT2D eigenvalue weighted by Crippen LogP contribution is 2.31. The van der Waals surface area contributed by atoms with Gasteiger partial charge in [0.15, 0.2) is 0 Å². The standard InChI is InChI=1S/C24H31N3O3/c1-18(28)27-11-5-6-19-16-20(9-10-21(19)27)23(29)17-25-12-14-26(15-13-25)22-7-3-4-8-24(22)30-2/h3-4,7-10,16,23,29H,5-6,11-15,17H2,1-2H3/t23-/m1/s1. The van der Waals surface area contributed by atoms with Crippen LogP contribution in [0.15, 0.2) is 42.5 Å². The van der Waals surface area contributed by atoms with E-state index in [-0.39, 0.29) is 5.91 Å². The molecule has 1 amide bonds. The van der Waals surface area contributed by atoms with Crippen LogP contribution in [-0.4, -0.2) is 62.3 Å². The monoisotopic (exact) mass is 409 g/mol. The van der Waals surface area contributed by atoms with Gasteiger partial charge in [-0.25, -0.2) is 0 Å². The summed E-state index contributed by atoms with van der Waals surface area (Å²) >= 11 is 0. The Balaban J connectivity index is 1.37. The van der Waals surface area contributed by atoms with Gasteiger partial charge in [-0.1, -0.05) is 24.3 Å². The fraction of sp³-hybridized carbons (Fsp3) is 0.458. The number of benzene rings is 2. The predicted octanol–water partition coefficient (Wildman–Crippen LogP) is 2.85. The van der Waals surface area contributed by atoms with Crippen LogP contribution in [0.1, 0.15) is 30.6 Å². The molecule has 1 saturated heterocycles. The summed E-state index contributed by atoms with van der Waals surface area (Å²) in [4.78, 5) is 18.4. The van der Waals surface area contributed by atoms with Crippen LogP contribution >= 0.6 is 0 Å². The molecule has 1 atom stereocenters. The van der Waals surface area contributed by atoms with Crippen molar-refractivity contribution in [3.8, 4) is 5.75 Å². The molecule has 2 aliphatic heterocycles. The molecule has 2 aromatic rings. The first-order valence-corrected chi connectivity index (χ1v) is 10.8. The molecular weight excluding hydrogens is 378 g/mol. The molecule has 4 rings (SSSR count). The van der Waals surface area contributed by atoms with Gasteiger partial charge in [-0.3, -0.25) is 9.69 Å². The zero-order valence-electron chi connectivity index (χ0n) is 17.9. The lowest BCUT2D eigenvalue weighted by Crippen LogP contribution is -2.47. The molecule has 0 radical (unpaired) electrons. The van der Waals surface area contributed by atoms with Crippen LogP contribution in [0.4, 0.5) is 11.4 Å². The number of methoxy groups -OCH3 is 1. The number of carbonyl (C=O) groups is 1. The van der Waals surface area contributed by atoms with E-state index < -0.39 is 6.10 Å². The predicted molar refractivity (Wildman–Crippen MR) is 119 cm³/mol. The number of fused-ring (bicyclic) bond motifs is 1. The first-order valence-electron chi connectivity index (χ1n) is 10.8. The van der Waals surface area contributed by atoms with Crippen LogP contribution < -0.4 is 14.5 Å². The maximum absolute atomic E-state index is 11.9.